The molecule has 0 bridgehead atoms. The molecular weight excluding hydrogens is 418 g/mol. The second kappa shape index (κ2) is 9.04. The van der Waals surface area contributed by atoms with Crippen molar-refractivity contribution < 1.29 is 22.4 Å². The van der Waals surface area contributed by atoms with Crippen LogP contribution in [-0.2, 0) is 11.0 Å². The van der Waals surface area contributed by atoms with Crippen molar-refractivity contribution in [3.63, 3.8) is 0 Å². The molecule has 4 nitrogen and oxygen atoms in total. The number of thioether (sulfide) groups is 1. The lowest BCUT2D eigenvalue weighted by Gasteiger charge is -2.33. The van der Waals surface area contributed by atoms with Crippen LogP contribution in [0.3, 0.4) is 0 Å². The van der Waals surface area contributed by atoms with Gasteiger partial charge in [0.05, 0.1) is 22.6 Å². The zero-order valence-electron chi connectivity index (χ0n) is 16.2. The molecule has 1 aromatic carbocycles. The van der Waals surface area contributed by atoms with Gasteiger partial charge in [0.25, 0.3) is 0 Å². The number of carbonyl (C=O) groups excluding carboxylic acids is 1. The van der Waals surface area contributed by atoms with E-state index in [9.17, 15) is 27.6 Å². The Morgan fingerprint density at radius 2 is 2.00 bits per heavy atom. The number of piperidine rings is 1. The predicted molar refractivity (Wildman–Crippen MR) is 105 cm³/mol. The standard InChI is InChI=1S/C21H19F4N3OS/c1-13-4-2-3-9-28(13)19(29)12-30-20-16(11-26)17(21(23,24)25)10-18(27-20)14-5-7-15(22)8-6-14/h5-8,10,13H,2-4,9,12H2,1H3. The van der Waals surface area contributed by atoms with Crippen molar-refractivity contribution in [2.75, 3.05) is 12.3 Å². The maximum absolute atomic E-state index is 13.6. The second-order valence-electron chi connectivity index (χ2n) is 7.07. The predicted octanol–water partition coefficient (Wildman–Crippen LogP) is 5.27. The van der Waals surface area contributed by atoms with Gasteiger partial charge in [0.1, 0.15) is 16.9 Å². The van der Waals surface area contributed by atoms with Crippen LogP contribution in [0.25, 0.3) is 11.3 Å². The van der Waals surface area contributed by atoms with E-state index < -0.39 is 23.1 Å². The highest BCUT2D eigenvalue weighted by Gasteiger charge is 2.36. The summed E-state index contributed by atoms with van der Waals surface area (Å²) in [4.78, 5) is 18.5. The van der Waals surface area contributed by atoms with Crippen molar-refractivity contribution >= 4 is 17.7 Å². The zero-order valence-corrected chi connectivity index (χ0v) is 17.0. The Kier molecular flexibility index (Phi) is 6.66. The van der Waals surface area contributed by atoms with E-state index in [0.717, 1.165) is 49.2 Å². The fourth-order valence-corrected chi connectivity index (χ4v) is 4.30. The van der Waals surface area contributed by atoms with E-state index in [1.54, 1.807) is 11.0 Å². The number of halogens is 4. The van der Waals surface area contributed by atoms with Crippen molar-refractivity contribution in [3.05, 3.63) is 47.3 Å². The summed E-state index contributed by atoms with van der Waals surface area (Å²) >= 11 is 0.819. The number of hydrogen-bond donors (Lipinski definition) is 0. The minimum atomic E-state index is -4.77. The van der Waals surface area contributed by atoms with Crippen LogP contribution in [0.1, 0.15) is 37.3 Å². The number of nitrogens with zero attached hydrogens (tertiary/aromatic N) is 3. The summed E-state index contributed by atoms with van der Waals surface area (Å²) in [7, 11) is 0. The molecule has 1 saturated heterocycles. The number of amides is 1. The van der Waals surface area contributed by atoms with Gasteiger partial charge in [-0.05, 0) is 56.5 Å². The first kappa shape index (κ1) is 22.1. The molecule has 2 aromatic rings. The molecule has 1 fully saturated rings. The molecule has 0 saturated carbocycles. The molecule has 1 aromatic heterocycles. The lowest BCUT2D eigenvalue weighted by Crippen LogP contribution is -2.42. The molecule has 1 amide bonds. The van der Waals surface area contributed by atoms with Crippen molar-refractivity contribution in [3.8, 4) is 17.3 Å². The van der Waals surface area contributed by atoms with E-state index in [1.807, 2.05) is 6.92 Å². The number of likely N-dealkylation sites (tertiary alicyclic amines) is 1. The fraction of sp³-hybridized carbons (Fsp3) is 0.381. The van der Waals surface area contributed by atoms with Gasteiger partial charge in [0, 0.05) is 18.2 Å². The van der Waals surface area contributed by atoms with Crippen molar-refractivity contribution in [2.24, 2.45) is 0 Å². The summed E-state index contributed by atoms with van der Waals surface area (Å²) in [6, 6.07) is 7.32. The molecular formula is C21H19F4N3OS. The zero-order chi connectivity index (χ0) is 21.9. The van der Waals surface area contributed by atoms with Crippen LogP contribution >= 0.6 is 11.8 Å². The molecule has 1 atom stereocenters. The molecule has 0 radical (unpaired) electrons. The minimum Gasteiger partial charge on any atom is -0.339 e. The van der Waals surface area contributed by atoms with Gasteiger partial charge in [-0.2, -0.15) is 18.4 Å². The van der Waals surface area contributed by atoms with E-state index in [-0.39, 0.29) is 34.0 Å². The third kappa shape index (κ3) is 4.93. The molecule has 0 N–H and O–H groups in total. The van der Waals surface area contributed by atoms with E-state index in [2.05, 4.69) is 4.98 Å². The highest BCUT2D eigenvalue weighted by Crippen LogP contribution is 2.38. The average Bonchev–Trinajstić information content (AvgIpc) is 2.71. The van der Waals surface area contributed by atoms with Gasteiger partial charge < -0.3 is 4.90 Å². The third-order valence-electron chi connectivity index (χ3n) is 5.00. The Morgan fingerprint density at radius 1 is 1.30 bits per heavy atom. The van der Waals surface area contributed by atoms with Gasteiger partial charge in [0.2, 0.25) is 5.91 Å². The van der Waals surface area contributed by atoms with Gasteiger partial charge in [-0.15, -0.1) is 0 Å². The number of alkyl halides is 3. The second-order valence-corrected chi connectivity index (χ2v) is 8.04. The first-order chi connectivity index (χ1) is 14.2. The maximum atomic E-state index is 13.6. The fourth-order valence-electron chi connectivity index (χ4n) is 3.41. The molecule has 0 spiro atoms. The average molecular weight is 437 g/mol. The van der Waals surface area contributed by atoms with Crippen LogP contribution in [-0.4, -0.2) is 34.1 Å². The van der Waals surface area contributed by atoms with Crippen molar-refractivity contribution in [1.82, 2.24) is 9.88 Å². The molecule has 30 heavy (non-hydrogen) atoms. The lowest BCUT2D eigenvalue weighted by molar-refractivity contribution is -0.138. The molecule has 1 aliphatic heterocycles. The van der Waals surface area contributed by atoms with Crippen molar-refractivity contribution in [1.29, 1.82) is 5.26 Å². The van der Waals surface area contributed by atoms with Gasteiger partial charge in [-0.3, -0.25) is 4.79 Å². The van der Waals surface area contributed by atoms with E-state index in [4.69, 9.17) is 0 Å². The first-order valence-electron chi connectivity index (χ1n) is 9.41. The summed E-state index contributed by atoms with van der Waals surface area (Å²) in [5.41, 5.74) is -1.50. The highest BCUT2D eigenvalue weighted by atomic mass is 32.2. The smallest absolute Gasteiger partial charge is 0.339 e. The Morgan fingerprint density at radius 3 is 2.60 bits per heavy atom. The molecule has 158 valence electrons. The highest BCUT2D eigenvalue weighted by molar-refractivity contribution is 8.00. The molecule has 9 heteroatoms. The topological polar surface area (TPSA) is 57.0 Å². The van der Waals surface area contributed by atoms with Crippen LogP contribution < -0.4 is 0 Å². The molecule has 1 unspecified atom stereocenters. The summed E-state index contributed by atoms with van der Waals surface area (Å²) in [5.74, 6) is -0.839. The molecule has 1 aliphatic rings. The molecule has 0 aliphatic carbocycles. The van der Waals surface area contributed by atoms with Gasteiger partial charge >= 0.3 is 6.18 Å². The van der Waals surface area contributed by atoms with Crippen LogP contribution in [0.15, 0.2) is 35.4 Å². The Bertz CT molecular complexity index is 970. The van der Waals surface area contributed by atoms with Crippen LogP contribution in [0, 0.1) is 17.1 Å². The number of aromatic nitrogens is 1. The van der Waals surface area contributed by atoms with Gasteiger partial charge in [0.15, 0.2) is 0 Å². The summed E-state index contributed by atoms with van der Waals surface area (Å²) < 4.78 is 54.0. The number of benzene rings is 1. The first-order valence-corrected chi connectivity index (χ1v) is 10.4. The number of carbonyl (C=O) groups is 1. The van der Waals surface area contributed by atoms with Crippen LogP contribution in [0.5, 0.6) is 0 Å². The summed E-state index contributed by atoms with van der Waals surface area (Å²) in [5, 5.41) is 9.21. The molecule has 3 rings (SSSR count). The SMILES string of the molecule is CC1CCCCN1C(=O)CSc1nc(-c2ccc(F)cc2)cc(C(F)(F)F)c1C#N. The Labute approximate surface area is 175 Å². The van der Waals surface area contributed by atoms with Crippen molar-refractivity contribution in [2.45, 2.75) is 43.4 Å². The van der Waals surface area contributed by atoms with Gasteiger partial charge in [-0.25, -0.2) is 9.37 Å². The number of pyridine rings is 1. The molecule has 2 heterocycles. The summed E-state index contributed by atoms with van der Waals surface area (Å²) in [6.45, 7) is 2.56. The van der Waals surface area contributed by atoms with Gasteiger partial charge in [-0.1, -0.05) is 11.8 Å². The van der Waals surface area contributed by atoms with E-state index in [0.29, 0.717) is 6.54 Å². The maximum Gasteiger partial charge on any atom is 0.417 e. The minimum absolute atomic E-state index is 0.0392. The number of nitriles is 1. The largest absolute Gasteiger partial charge is 0.417 e. The van der Waals surface area contributed by atoms with E-state index in [1.165, 1.54) is 12.1 Å². The summed E-state index contributed by atoms with van der Waals surface area (Å²) in [6.07, 6.45) is -1.96. The quantitative estimate of drug-likeness (QED) is 0.483. The van der Waals surface area contributed by atoms with Crippen LogP contribution in [0.2, 0.25) is 0 Å². The number of hydrogen-bond acceptors (Lipinski definition) is 4. The lowest BCUT2D eigenvalue weighted by atomic mass is 10.0. The Hall–Kier alpha value is -2.60. The monoisotopic (exact) mass is 437 g/mol. The van der Waals surface area contributed by atoms with E-state index >= 15 is 0 Å². The third-order valence-corrected chi connectivity index (χ3v) is 5.96. The number of rotatable bonds is 4. The van der Waals surface area contributed by atoms with Crippen LogP contribution in [0.4, 0.5) is 17.6 Å². The normalized spacial score (nSPS) is 16.9. The Balaban J connectivity index is 1.95.